The topological polar surface area (TPSA) is 59.6 Å². The first-order valence-corrected chi connectivity index (χ1v) is 8.80. The van der Waals surface area contributed by atoms with Gasteiger partial charge in [-0.2, -0.15) is 0 Å². The van der Waals surface area contributed by atoms with Crippen molar-refractivity contribution in [2.24, 2.45) is 0 Å². The third-order valence-electron chi connectivity index (χ3n) is 4.27. The second-order valence-corrected chi connectivity index (χ2v) is 6.77. The SMILES string of the molecule is COc1ccc(NC(=O)Nc2c(C(C)C)cccc2C(C)C)c(OC)c1. The van der Waals surface area contributed by atoms with Gasteiger partial charge in [0.1, 0.15) is 11.5 Å². The molecule has 2 amide bonds. The van der Waals surface area contributed by atoms with Crippen molar-refractivity contribution in [3.8, 4) is 11.5 Å². The first-order chi connectivity index (χ1) is 12.4. The first kappa shape index (κ1) is 19.6. The summed E-state index contributed by atoms with van der Waals surface area (Å²) in [4.78, 5) is 12.6. The molecule has 0 aromatic heterocycles. The molecule has 2 aromatic rings. The van der Waals surface area contributed by atoms with Gasteiger partial charge in [-0.25, -0.2) is 4.79 Å². The van der Waals surface area contributed by atoms with Crippen LogP contribution in [-0.4, -0.2) is 20.3 Å². The molecular weight excluding hydrogens is 328 g/mol. The Morgan fingerprint density at radius 3 is 2.00 bits per heavy atom. The van der Waals surface area contributed by atoms with E-state index in [1.165, 1.54) is 0 Å². The zero-order chi connectivity index (χ0) is 19.3. The molecule has 0 radical (unpaired) electrons. The van der Waals surface area contributed by atoms with Crippen molar-refractivity contribution >= 4 is 17.4 Å². The van der Waals surface area contributed by atoms with Crippen LogP contribution in [-0.2, 0) is 0 Å². The van der Waals surface area contributed by atoms with Crippen LogP contribution in [0.25, 0.3) is 0 Å². The summed E-state index contributed by atoms with van der Waals surface area (Å²) < 4.78 is 10.5. The summed E-state index contributed by atoms with van der Waals surface area (Å²) in [5, 5.41) is 5.90. The monoisotopic (exact) mass is 356 g/mol. The Morgan fingerprint density at radius 1 is 0.885 bits per heavy atom. The van der Waals surface area contributed by atoms with E-state index in [-0.39, 0.29) is 6.03 Å². The molecule has 0 unspecified atom stereocenters. The average molecular weight is 356 g/mol. The maximum atomic E-state index is 12.6. The van der Waals surface area contributed by atoms with Gasteiger partial charge in [-0.05, 0) is 35.1 Å². The molecule has 0 saturated carbocycles. The van der Waals surface area contributed by atoms with Crippen molar-refractivity contribution in [1.82, 2.24) is 0 Å². The molecule has 0 aliphatic heterocycles. The average Bonchev–Trinajstić information content (AvgIpc) is 2.61. The van der Waals surface area contributed by atoms with Gasteiger partial charge in [0.15, 0.2) is 0 Å². The van der Waals surface area contributed by atoms with Gasteiger partial charge < -0.3 is 20.1 Å². The molecule has 0 aliphatic carbocycles. The maximum Gasteiger partial charge on any atom is 0.323 e. The van der Waals surface area contributed by atoms with Crippen LogP contribution in [0.1, 0.15) is 50.7 Å². The molecule has 2 rings (SSSR count). The van der Waals surface area contributed by atoms with Gasteiger partial charge >= 0.3 is 6.03 Å². The summed E-state index contributed by atoms with van der Waals surface area (Å²) in [5.41, 5.74) is 3.70. The molecular formula is C21H28N2O3. The smallest absolute Gasteiger partial charge is 0.323 e. The highest BCUT2D eigenvalue weighted by Crippen LogP contribution is 2.33. The van der Waals surface area contributed by atoms with E-state index in [4.69, 9.17) is 9.47 Å². The number of methoxy groups -OCH3 is 2. The molecule has 26 heavy (non-hydrogen) atoms. The number of benzene rings is 2. The first-order valence-electron chi connectivity index (χ1n) is 8.80. The summed E-state index contributed by atoms with van der Waals surface area (Å²) in [6.45, 7) is 8.48. The summed E-state index contributed by atoms with van der Waals surface area (Å²) in [7, 11) is 3.15. The van der Waals surface area contributed by atoms with Crippen molar-refractivity contribution < 1.29 is 14.3 Å². The van der Waals surface area contributed by atoms with E-state index in [0.29, 0.717) is 29.0 Å². The van der Waals surface area contributed by atoms with Crippen LogP contribution in [0, 0.1) is 0 Å². The van der Waals surface area contributed by atoms with E-state index in [9.17, 15) is 4.79 Å². The number of ether oxygens (including phenoxy) is 2. The van der Waals surface area contributed by atoms with Crippen molar-refractivity contribution in [3.05, 3.63) is 47.5 Å². The Hall–Kier alpha value is -2.69. The molecule has 140 valence electrons. The van der Waals surface area contributed by atoms with Gasteiger partial charge in [0.2, 0.25) is 0 Å². The quantitative estimate of drug-likeness (QED) is 0.709. The number of anilines is 2. The lowest BCUT2D eigenvalue weighted by molar-refractivity contribution is 0.262. The number of urea groups is 1. The van der Waals surface area contributed by atoms with Gasteiger partial charge in [-0.3, -0.25) is 0 Å². The summed E-state index contributed by atoms with van der Waals surface area (Å²) in [6.07, 6.45) is 0. The summed E-state index contributed by atoms with van der Waals surface area (Å²) in [5.74, 6) is 1.82. The Morgan fingerprint density at radius 2 is 1.50 bits per heavy atom. The standard InChI is InChI=1S/C21H28N2O3/c1-13(2)16-8-7-9-17(14(3)4)20(16)23-21(24)22-18-11-10-15(25-5)12-19(18)26-6/h7-14H,1-6H3,(H2,22,23,24). The van der Waals surface area contributed by atoms with Gasteiger partial charge in [-0.15, -0.1) is 0 Å². The highest BCUT2D eigenvalue weighted by molar-refractivity contribution is 6.01. The minimum Gasteiger partial charge on any atom is -0.497 e. The number of para-hydroxylation sites is 1. The molecule has 0 aliphatic rings. The van der Waals surface area contributed by atoms with Crippen LogP contribution in [0.4, 0.5) is 16.2 Å². The lowest BCUT2D eigenvalue weighted by atomic mass is 9.93. The minimum absolute atomic E-state index is 0.302. The summed E-state index contributed by atoms with van der Waals surface area (Å²) >= 11 is 0. The second kappa shape index (κ2) is 8.61. The van der Waals surface area contributed by atoms with Crippen LogP contribution >= 0.6 is 0 Å². The normalized spacial score (nSPS) is 10.8. The Kier molecular flexibility index (Phi) is 6.50. The van der Waals surface area contributed by atoms with E-state index >= 15 is 0 Å². The van der Waals surface area contributed by atoms with Crippen LogP contribution in [0.15, 0.2) is 36.4 Å². The van der Waals surface area contributed by atoms with Crippen molar-refractivity contribution in [2.75, 3.05) is 24.9 Å². The zero-order valence-corrected chi connectivity index (χ0v) is 16.3. The summed E-state index contributed by atoms with van der Waals surface area (Å²) in [6, 6.07) is 11.1. The molecule has 5 heteroatoms. The largest absolute Gasteiger partial charge is 0.497 e. The highest BCUT2D eigenvalue weighted by atomic mass is 16.5. The Balaban J connectivity index is 2.28. The van der Waals surface area contributed by atoms with Gasteiger partial charge in [0.25, 0.3) is 0 Å². The lowest BCUT2D eigenvalue weighted by Gasteiger charge is -2.20. The number of carbonyl (C=O) groups excluding carboxylic acids is 1. The maximum absolute atomic E-state index is 12.6. The van der Waals surface area contributed by atoms with E-state index in [0.717, 1.165) is 16.8 Å². The third kappa shape index (κ3) is 4.48. The molecule has 0 atom stereocenters. The molecule has 0 spiro atoms. The van der Waals surface area contributed by atoms with Gasteiger partial charge in [0, 0.05) is 11.8 Å². The molecule has 0 fully saturated rings. The molecule has 5 nitrogen and oxygen atoms in total. The van der Waals surface area contributed by atoms with Crippen LogP contribution in [0.5, 0.6) is 11.5 Å². The molecule has 0 bridgehead atoms. The number of rotatable bonds is 6. The lowest BCUT2D eigenvalue weighted by Crippen LogP contribution is -2.22. The molecule has 2 N–H and O–H groups in total. The molecule has 2 aromatic carbocycles. The molecule has 0 saturated heterocycles. The van der Waals surface area contributed by atoms with Crippen molar-refractivity contribution in [2.45, 2.75) is 39.5 Å². The van der Waals surface area contributed by atoms with Crippen molar-refractivity contribution in [3.63, 3.8) is 0 Å². The number of amides is 2. The van der Waals surface area contributed by atoms with Gasteiger partial charge in [0.05, 0.1) is 19.9 Å². The fourth-order valence-corrected chi connectivity index (χ4v) is 2.86. The van der Waals surface area contributed by atoms with Crippen molar-refractivity contribution in [1.29, 1.82) is 0 Å². The minimum atomic E-state index is -0.302. The number of carbonyl (C=O) groups is 1. The number of hydrogen-bond donors (Lipinski definition) is 2. The van der Waals surface area contributed by atoms with E-state index in [1.54, 1.807) is 32.4 Å². The third-order valence-corrected chi connectivity index (χ3v) is 4.27. The van der Waals surface area contributed by atoms with Crippen LogP contribution in [0.3, 0.4) is 0 Å². The fraction of sp³-hybridized carbons (Fsp3) is 0.381. The zero-order valence-electron chi connectivity index (χ0n) is 16.3. The van der Waals surface area contributed by atoms with Gasteiger partial charge in [-0.1, -0.05) is 45.9 Å². The van der Waals surface area contributed by atoms with Crippen LogP contribution < -0.4 is 20.1 Å². The highest BCUT2D eigenvalue weighted by Gasteiger charge is 2.17. The predicted molar refractivity (Wildman–Crippen MR) is 107 cm³/mol. The van der Waals surface area contributed by atoms with Crippen LogP contribution in [0.2, 0.25) is 0 Å². The Labute approximate surface area is 155 Å². The Bertz CT molecular complexity index is 744. The number of nitrogens with one attached hydrogen (secondary N) is 2. The van der Waals surface area contributed by atoms with E-state index in [1.807, 2.05) is 6.07 Å². The van der Waals surface area contributed by atoms with E-state index < -0.39 is 0 Å². The predicted octanol–water partition coefficient (Wildman–Crippen LogP) is 5.59. The fourth-order valence-electron chi connectivity index (χ4n) is 2.86. The second-order valence-electron chi connectivity index (χ2n) is 6.77. The van der Waals surface area contributed by atoms with E-state index in [2.05, 4.69) is 50.5 Å². The molecule has 0 heterocycles. The number of hydrogen-bond acceptors (Lipinski definition) is 3.